The number of carbonyl (C=O) groups is 1. The molecule has 0 spiro atoms. The fraction of sp³-hybridized carbons (Fsp3) is 0.500. The molecule has 1 fully saturated rings. The van der Waals surface area contributed by atoms with E-state index in [1.165, 1.54) is 12.4 Å². The number of H-pyrrole nitrogens is 1. The molecule has 86 valence electrons. The Bertz CT molecular complexity index is 434. The summed E-state index contributed by atoms with van der Waals surface area (Å²) < 4.78 is 0. The number of carbonyl (C=O) groups excluding carboxylic acids is 1. The van der Waals surface area contributed by atoms with Crippen molar-refractivity contribution in [3.8, 4) is 0 Å². The van der Waals surface area contributed by atoms with Gasteiger partial charge in [0.05, 0.1) is 6.33 Å². The van der Waals surface area contributed by atoms with Crippen LogP contribution >= 0.6 is 0 Å². The van der Waals surface area contributed by atoms with Crippen LogP contribution in [0.1, 0.15) is 6.92 Å². The topological polar surface area (TPSA) is 69.3 Å². The van der Waals surface area contributed by atoms with Crippen molar-refractivity contribution >= 4 is 11.7 Å². The summed E-state index contributed by atoms with van der Waals surface area (Å²) >= 11 is 0. The summed E-state index contributed by atoms with van der Waals surface area (Å²) in [4.78, 5) is 32.6. The maximum atomic E-state index is 11.1. The minimum Gasteiger partial charge on any atom is -0.353 e. The smallest absolute Gasteiger partial charge is 0.252 e. The van der Waals surface area contributed by atoms with Gasteiger partial charge >= 0.3 is 0 Å². The van der Waals surface area contributed by atoms with E-state index < -0.39 is 0 Å². The Morgan fingerprint density at radius 3 is 2.62 bits per heavy atom. The molecule has 0 bridgehead atoms. The summed E-state index contributed by atoms with van der Waals surface area (Å²) in [5.41, 5.74) is -0.154. The predicted octanol–water partition coefficient (Wildman–Crippen LogP) is -0.562. The quantitative estimate of drug-likeness (QED) is 0.691. The number of piperazine rings is 1. The normalized spacial score (nSPS) is 16.3. The fourth-order valence-corrected chi connectivity index (χ4v) is 1.78. The SMILES string of the molecule is CC(=O)N1CCN(c2cc(=O)[nH]cn2)CC1. The third-order valence-corrected chi connectivity index (χ3v) is 2.71. The summed E-state index contributed by atoms with van der Waals surface area (Å²) in [6.45, 7) is 4.38. The first-order valence-electron chi connectivity index (χ1n) is 5.22. The van der Waals surface area contributed by atoms with Crippen LogP contribution in [0, 0.1) is 0 Å². The van der Waals surface area contributed by atoms with Crippen molar-refractivity contribution in [1.82, 2.24) is 14.9 Å². The minimum absolute atomic E-state index is 0.0959. The number of amides is 1. The summed E-state index contributed by atoms with van der Waals surface area (Å²) in [6, 6.07) is 1.48. The van der Waals surface area contributed by atoms with Gasteiger partial charge in [-0.3, -0.25) is 9.59 Å². The van der Waals surface area contributed by atoms with Crippen molar-refractivity contribution in [3.63, 3.8) is 0 Å². The monoisotopic (exact) mass is 222 g/mol. The first-order chi connectivity index (χ1) is 7.66. The molecule has 2 heterocycles. The van der Waals surface area contributed by atoms with Crippen LogP contribution < -0.4 is 10.5 Å². The number of nitrogens with one attached hydrogen (secondary N) is 1. The van der Waals surface area contributed by atoms with Gasteiger partial charge in [-0.1, -0.05) is 0 Å². The van der Waals surface area contributed by atoms with Gasteiger partial charge in [-0.15, -0.1) is 0 Å². The summed E-state index contributed by atoms with van der Waals surface area (Å²) in [5.74, 6) is 0.769. The molecule has 6 heteroatoms. The van der Waals surface area contributed by atoms with Gasteiger partial charge < -0.3 is 14.8 Å². The van der Waals surface area contributed by atoms with Crippen LogP contribution in [0.4, 0.5) is 5.82 Å². The van der Waals surface area contributed by atoms with Crippen molar-refractivity contribution < 1.29 is 4.79 Å². The minimum atomic E-state index is -0.154. The molecule has 2 rings (SSSR count). The van der Waals surface area contributed by atoms with E-state index in [0.29, 0.717) is 18.9 Å². The van der Waals surface area contributed by atoms with Gasteiger partial charge in [0.15, 0.2) is 0 Å². The first kappa shape index (κ1) is 10.7. The van der Waals surface area contributed by atoms with Gasteiger partial charge in [-0.2, -0.15) is 0 Å². The van der Waals surface area contributed by atoms with Crippen molar-refractivity contribution in [2.75, 3.05) is 31.1 Å². The molecule has 1 aliphatic rings. The summed E-state index contributed by atoms with van der Waals surface area (Å²) in [7, 11) is 0. The van der Waals surface area contributed by atoms with Crippen LogP contribution in [0.3, 0.4) is 0 Å². The van der Waals surface area contributed by atoms with Crippen LogP contribution in [0.2, 0.25) is 0 Å². The number of hydrogen-bond donors (Lipinski definition) is 1. The molecule has 1 aromatic rings. The lowest BCUT2D eigenvalue weighted by molar-refractivity contribution is -0.129. The van der Waals surface area contributed by atoms with Crippen LogP contribution in [0.5, 0.6) is 0 Å². The van der Waals surface area contributed by atoms with E-state index in [9.17, 15) is 9.59 Å². The van der Waals surface area contributed by atoms with Crippen molar-refractivity contribution in [1.29, 1.82) is 0 Å². The van der Waals surface area contributed by atoms with Gasteiger partial charge in [0.2, 0.25) is 5.91 Å². The van der Waals surface area contributed by atoms with Gasteiger partial charge in [0.25, 0.3) is 5.56 Å². The number of aromatic amines is 1. The third kappa shape index (κ3) is 2.21. The van der Waals surface area contributed by atoms with E-state index in [2.05, 4.69) is 9.97 Å². The average molecular weight is 222 g/mol. The molecular formula is C10H14N4O2. The highest BCUT2D eigenvalue weighted by atomic mass is 16.2. The molecule has 1 amide bonds. The second kappa shape index (κ2) is 4.34. The Morgan fingerprint density at radius 1 is 1.38 bits per heavy atom. The number of nitrogens with zero attached hydrogens (tertiary/aromatic N) is 3. The molecule has 0 aromatic carbocycles. The average Bonchev–Trinajstić information content (AvgIpc) is 2.29. The lowest BCUT2D eigenvalue weighted by Gasteiger charge is -2.34. The van der Waals surface area contributed by atoms with Gasteiger partial charge in [-0.05, 0) is 0 Å². The molecule has 16 heavy (non-hydrogen) atoms. The second-order valence-electron chi connectivity index (χ2n) is 3.76. The summed E-state index contributed by atoms with van der Waals surface area (Å²) in [6.07, 6.45) is 1.40. The lowest BCUT2D eigenvalue weighted by atomic mass is 10.3. The van der Waals surface area contributed by atoms with Crippen LogP contribution in [-0.2, 0) is 4.79 Å². The Balaban J connectivity index is 2.04. The highest BCUT2D eigenvalue weighted by Gasteiger charge is 2.19. The molecular weight excluding hydrogens is 208 g/mol. The Morgan fingerprint density at radius 2 is 2.06 bits per heavy atom. The van der Waals surface area contributed by atoms with Gasteiger partial charge in [0, 0.05) is 39.2 Å². The highest BCUT2D eigenvalue weighted by molar-refractivity contribution is 5.73. The first-order valence-corrected chi connectivity index (χ1v) is 5.22. The summed E-state index contributed by atoms with van der Waals surface area (Å²) in [5, 5.41) is 0. The fourth-order valence-electron chi connectivity index (χ4n) is 1.78. The molecule has 0 saturated carbocycles. The van der Waals surface area contributed by atoms with Crippen molar-refractivity contribution in [2.24, 2.45) is 0 Å². The molecule has 1 saturated heterocycles. The molecule has 0 atom stereocenters. The van der Waals surface area contributed by atoms with Gasteiger partial charge in [0.1, 0.15) is 5.82 Å². The molecule has 6 nitrogen and oxygen atoms in total. The van der Waals surface area contributed by atoms with Crippen molar-refractivity contribution in [3.05, 3.63) is 22.7 Å². The number of hydrogen-bond acceptors (Lipinski definition) is 4. The highest BCUT2D eigenvalue weighted by Crippen LogP contribution is 2.10. The third-order valence-electron chi connectivity index (χ3n) is 2.71. The zero-order valence-corrected chi connectivity index (χ0v) is 9.14. The molecule has 0 radical (unpaired) electrons. The Hall–Kier alpha value is -1.85. The molecule has 1 aliphatic heterocycles. The van der Waals surface area contributed by atoms with E-state index in [1.807, 2.05) is 4.90 Å². The number of aromatic nitrogens is 2. The number of rotatable bonds is 1. The van der Waals surface area contributed by atoms with E-state index in [1.54, 1.807) is 11.8 Å². The number of anilines is 1. The molecule has 1 aromatic heterocycles. The second-order valence-corrected chi connectivity index (χ2v) is 3.76. The van der Waals surface area contributed by atoms with E-state index in [0.717, 1.165) is 13.1 Å². The molecule has 1 N–H and O–H groups in total. The Kier molecular flexibility index (Phi) is 2.89. The van der Waals surface area contributed by atoms with E-state index in [4.69, 9.17) is 0 Å². The Labute approximate surface area is 92.9 Å². The van der Waals surface area contributed by atoms with Crippen LogP contribution in [0.25, 0.3) is 0 Å². The molecule has 0 aliphatic carbocycles. The van der Waals surface area contributed by atoms with Crippen molar-refractivity contribution in [2.45, 2.75) is 6.92 Å². The maximum Gasteiger partial charge on any atom is 0.252 e. The largest absolute Gasteiger partial charge is 0.353 e. The van der Waals surface area contributed by atoms with Gasteiger partial charge in [-0.25, -0.2) is 4.98 Å². The lowest BCUT2D eigenvalue weighted by Crippen LogP contribution is -2.48. The van der Waals surface area contributed by atoms with E-state index >= 15 is 0 Å². The van der Waals surface area contributed by atoms with E-state index in [-0.39, 0.29) is 11.5 Å². The predicted molar refractivity (Wildman–Crippen MR) is 59.3 cm³/mol. The maximum absolute atomic E-state index is 11.1. The van der Waals surface area contributed by atoms with Crippen LogP contribution in [0.15, 0.2) is 17.2 Å². The van der Waals surface area contributed by atoms with Crippen LogP contribution in [-0.4, -0.2) is 47.0 Å². The zero-order valence-electron chi connectivity index (χ0n) is 9.14. The zero-order chi connectivity index (χ0) is 11.5. The molecule has 0 unspecified atom stereocenters. The standard InChI is InChI=1S/C10H14N4O2/c1-8(15)13-2-4-14(5-3-13)9-6-10(16)12-7-11-9/h6-7H,2-5H2,1H3,(H,11,12,16).